The number of oxime groups is 1. The number of amides is 1. The average Bonchev–Trinajstić information content (AvgIpc) is 2.46. The summed E-state index contributed by atoms with van der Waals surface area (Å²) in [5, 5.41) is 11.5. The van der Waals surface area contributed by atoms with Crippen LogP contribution in [0.4, 0.5) is 0 Å². The van der Waals surface area contributed by atoms with Crippen LogP contribution in [0.15, 0.2) is 29.4 Å². The molecule has 21 heavy (non-hydrogen) atoms. The Morgan fingerprint density at radius 1 is 1.19 bits per heavy atom. The molecule has 0 aromatic heterocycles. The topological polar surface area (TPSA) is 82.2 Å². The molecule has 6 nitrogen and oxygen atoms in total. The van der Waals surface area contributed by atoms with Gasteiger partial charge in [-0.25, -0.2) is 0 Å². The number of nitrogens with two attached hydrogens (primary N) is 1. The number of carbonyl (C=O) groups is 1. The molecule has 0 saturated heterocycles. The molecule has 0 aliphatic heterocycles. The van der Waals surface area contributed by atoms with Crippen LogP contribution in [0.2, 0.25) is 0 Å². The van der Waals surface area contributed by atoms with Gasteiger partial charge >= 0.3 is 0 Å². The molecule has 0 heterocycles. The van der Waals surface area contributed by atoms with Crippen LogP contribution < -0.4 is 5.73 Å². The van der Waals surface area contributed by atoms with Crippen molar-refractivity contribution in [2.45, 2.75) is 12.8 Å². The zero-order chi connectivity index (χ0) is 15.8. The third-order valence-electron chi connectivity index (χ3n) is 3.24. The van der Waals surface area contributed by atoms with Crippen molar-refractivity contribution in [2.75, 3.05) is 34.2 Å². The van der Waals surface area contributed by atoms with Gasteiger partial charge in [0.25, 0.3) is 0 Å². The fraction of sp³-hybridized carbons (Fsp3) is 0.467. The molecule has 0 atom stereocenters. The van der Waals surface area contributed by atoms with E-state index < -0.39 is 0 Å². The zero-order valence-corrected chi connectivity index (χ0v) is 12.9. The summed E-state index contributed by atoms with van der Waals surface area (Å²) >= 11 is 0. The molecule has 0 aliphatic rings. The van der Waals surface area contributed by atoms with Gasteiger partial charge in [-0.2, -0.15) is 0 Å². The fourth-order valence-electron chi connectivity index (χ4n) is 1.91. The molecule has 0 fully saturated rings. The molecular weight excluding hydrogens is 268 g/mol. The average molecular weight is 292 g/mol. The minimum absolute atomic E-state index is 0.0636. The van der Waals surface area contributed by atoms with Crippen LogP contribution in [-0.4, -0.2) is 61.0 Å². The number of rotatable bonds is 7. The second kappa shape index (κ2) is 8.26. The summed E-state index contributed by atoms with van der Waals surface area (Å²) in [5.41, 5.74) is 7.04. The van der Waals surface area contributed by atoms with Crippen molar-refractivity contribution in [3.63, 3.8) is 0 Å². The third-order valence-corrected chi connectivity index (χ3v) is 3.24. The van der Waals surface area contributed by atoms with Crippen molar-refractivity contribution in [3.8, 4) is 0 Å². The first-order chi connectivity index (χ1) is 9.93. The molecule has 116 valence electrons. The van der Waals surface area contributed by atoms with Crippen LogP contribution in [-0.2, 0) is 11.2 Å². The first-order valence-electron chi connectivity index (χ1n) is 6.89. The molecule has 3 N–H and O–H groups in total. The van der Waals surface area contributed by atoms with E-state index in [4.69, 9.17) is 10.9 Å². The van der Waals surface area contributed by atoms with E-state index in [0.29, 0.717) is 12.0 Å². The van der Waals surface area contributed by atoms with E-state index in [2.05, 4.69) is 10.1 Å². The standard InChI is InChI=1S/C15H24N4O2/c1-18(2)9-4-10-19(3)14(20)11-12-5-7-13(8-6-12)15(16)17-21/h5-8,21H,4,9-11H2,1-3H3,(H2,16,17). The number of hydrogen-bond acceptors (Lipinski definition) is 4. The molecular formula is C15H24N4O2. The maximum atomic E-state index is 12.1. The third kappa shape index (κ3) is 5.83. The van der Waals surface area contributed by atoms with Crippen molar-refractivity contribution >= 4 is 11.7 Å². The molecule has 0 bridgehead atoms. The maximum Gasteiger partial charge on any atom is 0.226 e. The van der Waals surface area contributed by atoms with Crippen LogP contribution in [0, 0.1) is 0 Å². The predicted molar refractivity (Wildman–Crippen MR) is 83.5 cm³/mol. The highest BCUT2D eigenvalue weighted by atomic mass is 16.4. The Hall–Kier alpha value is -2.08. The van der Waals surface area contributed by atoms with Crippen LogP contribution >= 0.6 is 0 Å². The Labute approximate surface area is 125 Å². The molecule has 1 aromatic rings. The molecule has 0 radical (unpaired) electrons. The normalized spacial score (nSPS) is 11.7. The minimum Gasteiger partial charge on any atom is -0.409 e. The molecule has 0 saturated carbocycles. The lowest BCUT2D eigenvalue weighted by Crippen LogP contribution is -2.30. The maximum absolute atomic E-state index is 12.1. The molecule has 1 amide bonds. The number of carbonyl (C=O) groups excluding carboxylic acids is 1. The van der Waals surface area contributed by atoms with Crippen molar-refractivity contribution in [1.82, 2.24) is 9.80 Å². The molecule has 1 aromatic carbocycles. The van der Waals surface area contributed by atoms with E-state index in [0.717, 1.165) is 25.1 Å². The minimum atomic E-state index is 0.0636. The first-order valence-corrected chi connectivity index (χ1v) is 6.89. The highest BCUT2D eigenvalue weighted by Gasteiger charge is 2.10. The van der Waals surface area contributed by atoms with Gasteiger partial charge in [-0.15, -0.1) is 0 Å². The molecule has 0 spiro atoms. The van der Waals surface area contributed by atoms with E-state index in [9.17, 15) is 4.79 Å². The van der Waals surface area contributed by atoms with Gasteiger partial charge in [0.2, 0.25) is 5.91 Å². The summed E-state index contributed by atoms with van der Waals surface area (Å²) in [6, 6.07) is 7.12. The summed E-state index contributed by atoms with van der Waals surface area (Å²) in [6.07, 6.45) is 1.31. The number of amidine groups is 1. The van der Waals surface area contributed by atoms with Gasteiger partial charge in [0.1, 0.15) is 0 Å². The predicted octanol–water partition coefficient (Wildman–Crippen LogP) is 0.734. The van der Waals surface area contributed by atoms with E-state index in [1.807, 2.05) is 33.3 Å². The lowest BCUT2D eigenvalue weighted by atomic mass is 10.1. The van der Waals surface area contributed by atoms with Gasteiger partial charge in [0.05, 0.1) is 6.42 Å². The SMILES string of the molecule is CN(C)CCCN(C)C(=O)Cc1ccc(C(N)=NO)cc1. The summed E-state index contributed by atoms with van der Waals surface area (Å²) in [7, 11) is 5.86. The second-order valence-corrected chi connectivity index (χ2v) is 5.33. The van der Waals surface area contributed by atoms with E-state index >= 15 is 0 Å². The Morgan fingerprint density at radius 2 is 1.81 bits per heavy atom. The highest BCUT2D eigenvalue weighted by molar-refractivity contribution is 5.97. The van der Waals surface area contributed by atoms with Crippen molar-refractivity contribution in [2.24, 2.45) is 10.9 Å². The smallest absolute Gasteiger partial charge is 0.226 e. The van der Waals surface area contributed by atoms with Crippen LogP contribution in [0.3, 0.4) is 0 Å². The quantitative estimate of drug-likeness (QED) is 0.336. The van der Waals surface area contributed by atoms with E-state index in [1.54, 1.807) is 17.0 Å². The Balaban J connectivity index is 2.50. The summed E-state index contributed by atoms with van der Waals surface area (Å²) in [4.78, 5) is 15.9. The van der Waals surface area contributed by atoms with Gasteiger partial charge in [0, 0.05) is 19.2 Å². The van der Waals surface area contributed by atoms with Gasteiger partial charge in [-0.3, -0.25) is 4.79 Å². The first kappa shape index (κ1) is 17.0. The number of hydrogen-bond donors (Lipinski definition) is 2. The fourth-order valence-corrected chi connectivity index (χ4v) is 1.91. The van der Waals surface area contributed by atoms with Crippen LogP contribution in [0.25, 0.3) is 0 Å². The van der Waals surface area contributed by atoms with E-state index in [1.165, 1.54) is 0 Å². The van der Waals surface area contributed by atoms with Gasteiger partial charge in [-0.1, -0.05) is 29.4 Å². The van der Waals surface area contributed by atoms with Crippen molar-refractivity contribution in [3.05, 3.63) is 35.4 Å². The largest absolute Gasteiger partial charge is 0.409 e. The summed E-state index contributed by atoms with van der Waals surface area (Å²) in [5.74, 6) is 0.152. The van der Waals surface area contributed by atoms with Crippen LogP contribution in [0.1, 0.15) is 17.5 Å². The molecule has 1 rings (SSSR count). The zero-order valence-electron chi connectivity index (χ0n) is 12.9. The summed E-state index contributed by atoms with van der Waals surface area (Å²) in [6.45, 7) is 1.71. The highest BCUT2D eigenvalue weighted by Crippen LogP contribution is 2.06. The monoisotopic (exact) mass is 292 g/mol. The molecule has 0 unspecified atom stereocenters. The lowest BCUT2D eigenvalue weighted by Gasteiger charge is -2.18. The molecule has 6 heteroatoms. The van der Waals surface area contributed by atoms with Gasteiger partial charge in [0.15, 0.2) is 5.84 Å². The second-order valence-electron chi connectivity index (χ2n) is 5.33. The number of likely N-dealkylation sites (N-methyl/N-ethyl adjacent to an activating group) is 1. The Bertz CT molecular complexity index is 483. The lowest BCUT2D eigenvalue weighted by molar-refractivity contribution is -0.129. The Kier molecular flexibility index (Phi) is 6.68. The Morgan fingerprint density at radius 3 is 2.33 bits per heavy atom. The van der Waals surface area contributed by atoms with Crippen molar-refractivity contribution < 1.29 is 10.0 Å². The van der Waals surface area contributed by atoms with E-state index in [-0.39, 0.29) is 11.7 Å². The van der Waals surface area contributed by atoms with Gasteiger partial charge in [-0.05, 0) is 32.6 Å². The van der Waals surface area contributed by atoms with Crippen LogP contribution in [0.5, 0.6) is 0 Å². The summed E-state index contributed by atoms with van der Waals surface area (Å²) < 4.78 is 0. The van der Waals surface area contributed by atoms with Crippen molar-refractivity contribution in [1.29, 1.82) is 0 Å². The number of nitrogens with zero attached hydrogens (tertiary/aromatic N) is 3. The number of benzene rings is 1. The molecule has 0 aliphatic carbocycles. The van der Waals surface area contributed by atoms with Gasteiger partial charge < -0.3 is 20.7 Å².